The zero-order chi connectivity index (χ0) is 16.8. The number of carbonyl (C=O) groups excluding carboxylic acids is 2. The maximum absolute atomic E-state index is 12.6. The van der Waals surface area contributed by atoms with E-state index in [1.165, 1.54) is 6.92 Å². The molecule has 1 aromatic carbocycles. The molecule has 1 aromatic heterocycles. The second kappa shape index (κ2) is 7.92. The number of hydrogen-bond acceptors (Lipinski definition) is 4. The van der Waals surface area contributed by atoms with Crippen LogP contribution in [0.25, 0.3) is 0 Å². The molecule has 1 heterocycles. The van der Waals surface area contributed by atoms with Crippen molar-refractivity contribution in [1.82, 2.24) is 4.90 Å². The Bertz CT molecular complexity index is 667. The minimum absolute atomic E-state index is 0.0256. The molecule has 0 N–H and O–H groups in total. The van der Waals surface area contributed by atoms with Crippen molar-refractivity contribution >= 4 is 23.0 Å². The topological polar surface area (TPSA) is 46.6 Å². The molecule has 1 amide bonds. The van der Waals surface area contributed by atoms with Gasteiger partial charge in [0.1, 0.15) is 5.75 Å². The molecule has 1 unspecified atom stereocenters. The molecule has 0 fully saturated rings. The van der Waals surface area contributed by atoms with Gasteiger partial charge in [-0.1, -0.05) is 18.2 Å². The summed E-state index contributed by atoms with van der Waals surface area (Å²) in [6.07, 6.45) is -0.600. The Morgan fingerprint density at radius 2 is 2.04 bits per heavy atom. The van der Waals surface area contributed by atoms with Gasteiger partial charge in [0, 0.05) is 17.0 Å². The van der Waals surface area contributed by atoms with Gasteiger partial charge in [0.25, 0.3) is 5.91 Å². The smallest absolute Gasteiger partial charge is 0.263 e. The highest BCUT2D eigenvalue weighted by Gasteiger charge is 2.21. The molecule has 23 heavy (non-hydrogen) atoms. The van der Waals surface area contributed by atoms with Gasteiger partial charge in [0.15, 0.2) is 11.9 Å². The first-order chi connectivity index (χ1) is 11.0. The van der Waals surface area contributed by atoms with Crippen LogP contribution >= 0.6 is 11.3 Å². The van der Waals surface area contributed by atoms with Crippen LogP contribution in [0.15, 0.2) is 41.8 Å². The number of carbonyl (C=O) groups is 2. The van der Waals surface area contributed by atoms with E-state index in [0.717, 1.165) is 4.88 Å². The van der Waals surface area contributed by atoms with E-state index in [1.54, 1.807) is 47.4 Å². The third kappa shape index (κ3) is 4.66. The highest BCUT2D eigenvalue weighted by molar-refractivity contribution is 7.09. The Morgan fingerprint density at radius 1 is 1.26 bits per heavy atom. The molecule has 5 heteroatoms. The maximum atomic E-state index is 12.6. The van der Waals surface area contributed by atoms with Crippen molar-refractivity contribution in [2.45, 2.75) is 33.4 Å². The van der Waals surface area contributed by atoms with Crippen LogP contribution in [0.2, 0.25) is 0 Å². The lowest BCUT2D eigenvalue weighted by atomic mass is 10.1. The van der Waals surface area contributed by atoms with Crippen molar-refractivity contribution in [2.24, 2.45) is 0 Å². The number of benzene rings is 1. The molecule has 0 bridgehead atoms. The fraction of sp³-hybridized carbons (Fsp3) is 0.333. The predicted molar refractivity (Wildman–Crippen MR) is 91.9 cm³/mol. The Kier molecular flexibility index (Phi) is 5.93. The number of thiophene rings is 1. The number of ketones is 1. The molecule has 0 saturated heterocycles. The first kappa shape index (κ1) is 17.2. The van der Waals surface area contributed by atoms with Crippen LogP contribution in [-0.4, -0.2) is 29.2 Å². The van der Waals surface area contributed by atoms with Crippen molar-refractivity contribution in [1.29, 1.82) is 0 Å². The van der Waals surface area contributed by atoms with Gasteiger partial charge in [-0.05, 0) is 44.4 Å². The molecule has 0 radical (unpaired) electrons. The van der Waals surface area contributed by atoms with E-state index in [1.807, 2.05) is 24.4 Å². The zero-order valence-electron chi connectivity index (χ0n) is 13.6. The summed E-state index contributed by atoms with van der Waals surface area (Å²) in [6.45, 7) is 6.41. The van der Waals surface area contributed by atoms with Crippen molar-refractivity contribution in [3.05, 3.63) is 52.2 Å². The predicted octanol–water partition coefficient (Wildman–Crippen LogP) is 3.77. The lowest BCUT2D eigenvalue weighted by Crippen LogP contribution is -2.39. The third-order valence-corrected chi connectivity index (χ3v) is 4.38. The second-order valence-corrected chi connectivity index (χ2v) is 6.31. The van der Waals surface area contributed by atoms with Crippen molar-refractivity contribution in [2.75, 3.05) is 6.54 Å². The molecular formula is C18H21NO3S. The van der Waals surface area contributed by atoms with Crippen LogP contribution in [0.1, 0.15) is 36.0 Å². The average Bonchev–Trinajstić information content (AvgIpc) is 3.05. The lowest BCUT2D eigenvalue weighted by molar-refractivity contribution is -0.138. The first-order valence-corrected chi connectivity index (χ1v) is 8.48. The summed E-state index contributed by atoms with van der Waals surface area (Å²) in [5.41, 5.74) is 0.577. The molecular weight excluding hydrogens is 310 g/mol. The molecule has 4 nitrogen and oxygen atoms in total. The van der Waals surface area contributed by atoms with Gasteiger partial charge >= 0.3 is 0 Å². The molecule has 2 rings (SSSR count). The molecule has 2 aromatic rings. The van der Waals surface area contributed by atoms with E-state index >= 15 is 0 Å². The number of hydrogen-bond donors (Lipinski definition) is 0. The molecule has 122 valence electrons. The summed E-state index contributed by atoms with van der Waals surface area (Å²) in [6, 6.07) is 10.9. The molecule has 0 spiro atoms. The number of likely N-dealkylation sites (N-methyl/N-ethyl adjacent to an activating group) is 1. The molecule has 1 atom stereocenters. The van der Waals surface area contributed by atoms with E-state index in [2.05, 4.69) is 0 Å². The van der Waals surface area contributed by atoms with Gasteiger partial charge in [-0.3, -0.25) is 9.59 Å². The summed E-state index contributed by atoms with van der Waals surface area (Å²) in [7, 11) is 0. The third-order valence-electron chi connectivity index (χ3n) is 3.52. The minimum Gasteiger partial charge on any atom is -0.481 e. The summed E-state index contributed by atoms with van der Waals surface area (Å²) in [5, 5.41) is 2.00. The molecule has 0 aliphatic carbocycles. The number of rotatable bonds is 7. The number of ether oxygens (including phenoxy) is 1. The van der Waals surface area contributed by atoms with Gasteiger partial charge < -0.3 is 9.64 Å². The summed E-state index contributed by atoms with van der Waals surface area (Å²) < 4.78 is 5.73. The van der Waals surface area contributed by atoms with Crippen molar-refractivity contribution in [3.8, 4) is 5.75 Å². The van der Waals surface area contributed by atoms with E-state index in [4.69, 9.17) is 4.74 Å². The van der Waals surface area contributed by atoms with E-state index < -0.39 is 6.10 Å². The quantitative estimate of drug-likeness (QED) is 0.726. The van der Waals surface area contributed by atoms with Crippen LogP contribution < -0.4 is 4.74 Å². The van der Waals surface area contributed by atoms with Crippen LogP contribution in [0.4, 0.5) is 0 Å². The van der Waals surface area contributed by atoms with Crippen LogP contribution in [0, 0.1) is 0 Å². The highest BCUT2D eigenvalue weighted by Crippen LogP contribution is 2.17. The molecule has 0 aliphatic heterocycles. The fourth-order valence-corrected chi connectivity index (χ4v) is 2.96. The Hall–Kier alpha value is -2.14. The summed E-state index contributed by atoms with van der Waals surface area (Å²) in [4.78, 5) is 26.9. The van der Waals surface area contributed by atoms with Crippen LogP contribution in [-0.2, 0) is 11.3 Å². The van der Waals surface area contributed by atoms with E-state index in [-0.39, 0.29) is 11.7 Å². The fourth-order valence-electron chi connectivity index (χ4n) is 2.24. The average molecular weight is 331 g/mol. The maximum Gasteiger partial charge on any atom is 0.263 e. The monoisotopic (exact) mass is 331 g/mol. The Balaban J connectivity index is 2.03. The van der Waals surface area contributed by atoms with Gasteiger partial charge in [-0.2, -0.15) is 0 Å². The largest absolute Gasteiger partial charge is 0.481 e. The van der Waals surface area contributed by atoms with Crippen LogP contribution in [0.5, 0.6) is 5.75 Å². The Morgan fingerprint density at radius 3 is 2.65 bits per heavy atom. The lowest BCUT2D eigenvalue weighted by Gasteiger charge is -2.24. The first-order valence-electron chi connectivity index (χ1n) is 7.60. The summed E-state index contributed by atoms with van der Waals surface area (Å²) in [5.74, 6) is 0.446. The van der Waals surface area contributed by atoms with Gasteiger partial charge in [0.2, 0.25) is 0 Å². The van der Waals surface area contributed by atoms with Crippen LogP contribution in [0.3, 0.4) is 0 Å². The molecule has 0 saturated carbocycles. The number of nitrogens with zero attached hydrogens (tertiary/aromatic N) is 1. The SMILES string of the molecule is CCN(Cc1cccs1)C(=O)C(C)Oc1cccc(C(C)=O)c1. The zero-order valence-corrected chi connectivity index (χ0v) is 14.4. The standard InChI is InChI=1S/C18H21NO3S/c1-4-19(12-17-9-6-10-23-17)18(21)14(3)22-16-8-5-7-15(11-16)13(2)20/h5-11,14H,4,12H2,1-3H3. The van der Waals surface area contributed by atoms with Gasteiger partial charge in [0.05, 0.1) is 6.54 Å². The highest BCUT2D eigenvalue weighted by atomic mass is 32.1. The summed E-state index contributed by atoms with van der Waals surface area (Å²) >= 11 is 1.63. The Labute approximate surface area is 140 Å². The second-order valence-electron chi connectivity index (χ2n) is 5.28. The normalized spacial score (nSPS) is 11.8. The van der Waals surface area contributed by atoms with Crippen molar-refractivity contribution in [3.63, 3.8) is 0 Å². The molecule has 0 aliphatic rings. The number of amides is 1. The number of Topliss-reactive ketones (excluding diaryl/α,β-unsaturated/α-hetero) is 1. The van der Waals surface area contributed by atoms with Gasteiger partial charge in [-0.25, -0.2) is 0 Å². The minimum atomic E-state index is -0.600. The van der Waals surface area contributed by atoms with Gasteiger partial charge in [-0.15, -0.1) is 11.3 Å². The van der Waals surface area contributed by atoms with Crippen molar-refractivity contribution < 1.29 is 14.3 Å². The van der Waals surface area contributed by atoms with E-state index in [0.29, 0.717) is 24.4 Å². The van der Waals surface area contributed by atoms with E-state index in [9.17, 15) is 9.59 Å².